The highest BCUT2D eigenvalue weighted by Crippen LogP contribution is 2.23. The Morgan fingerprint density at radius 1 is 1.05 bits per heavy atom. The first kappa shape index (κ1) is 14.6. The first-order valence-corrected chi connectivity index (χ1v) is 7.04. The van der Waals surface area contributed by atoms with Crippen LogP contribution in [0.5, 0.6) is 0 Å². The zero-order valence-corrected chi connectivity index (χ0v) is 12.6. The Balaban J connectivity index is 2.10. The average molecular weight is 271 g/mol. The van der Waals surface area contributed by atoms with Gasteiger partial charge < -0.3 is 5.32 Å². The van der Waals surface area contributed by atoms with Gasteiger partial charge in [-0.2, -0.15) is 0 Å². The van der Waals surface area contributed by atoms with Gasteiger partial charge in [-0.25, -0.2) is 4.39 Å². The summed E-state index contributed by atoms with van der Waals surface area (Å²) < 4.78 is 13.2. The van der Waals surface area contributed by atoms with Crippen molar-refractivity contribution in [1.29, 1.82) is 0 Å². The Kier molecular flexibility index (Phi) is 4.43. The summed E-state index contributed by atoms with van der Waals surface area (Å²) in [6.07, 6.45) is 0.810. The predicted molar refractivity (Wildman–Crippen MR) is 83.8 cm³/mol. The van der Waals surface area contributed by atoms with Crippen molar-refractivity contribution in [1.82, 2.24) is 0 Å². The van der Waals surface area contributed by atoms with E-state index in [9.17, 15) is 4.39 Å². The number of anilines is 1. The van der Waals surface area contributed by atoms with Crippen LogP contribution in [0.15, 0.2) is 36.4 Å². The Hall–Kier alpha value is -1.83. The molecule has 2 heteroatoms. The molecule has 2 rings (SSSR count). The molecule has 0 aromatic heterocycles. The Labute approximate surface area is 120 Å². The third-order valence-electron chi connectivity index (χ3n) is 3.50. The first-order valence-electron chi connectivity index (χ1n) is 7.04. The van der Waals surface area contributed by atoms with Gasteiger partial charge in [-0.3, -0.25) is 0 Å². The molecule has 0 radical (unpaired) electrons. The molecule has 0 aliphatic heterocycles. The number of rotatable bonds is 4. The van der Waals surface area contributed by atoms with Gasteiger partial charge in [0.1, 0.15) is 5.82 Å². The highest BCUT2D eigenvalue weighted by Gasteiger charge is 2.09. The molecule has 1 atom stereocenters. The van der Waals surface area contributed by atoms with Crippen molar-refractivity contribution in [3.8, 4) is 0 Å². The highest BCUT2D eigenvalue weighted by molar-refractivity contribution is 5.58. The number of hydrogen-bond acceptors (Lipinski definition) is 1. The molecule has 0 aliphatic rings. The molecule has 0 bridgehead atoms. The van der Waals surface area contributed by atoms with Crippen molar-refractivity contribution in [2.75, 3.05) is 5.32 Å². The summed E-state index contributed by atoms with van der Waals surface area (Å²) in [5.41, 5.74) is 6.01. The maximum absolute atomic E-state index is 13.2. The lowest BCUT2D eigenvalue weighted by molar-refractivity contribution is 0.624. The molecule has 2 aromatic rings. The van der Waals surface area contributed by atoms with Crippen molar-refractivity contribution in [3.63, 3.8) is 0 Å². The minimum absolute atomic E-state index is 0.169. The maximum atomic E-state index is 13.2. The van der Waals surface area contributed by atoms with Crippen LogP contribution in [0.2, 0.25) is 0 Å². The monoisotopic (exact) mass is 271 g/mol. The lowest BCUT2D eigenvalue weighted by atomic mass is 10.0. The molecule has 1 nitrogen and oxygen atoms in total. The molecule has 0 aliphatic carbocycles. The van der Waals surface area contributed by atoms with E-state index in [0.29, 0.717) is 0 Å². The fourth-order valence-electron chi connectivity index (χ4n) is 2.72. The third-order valence-corrected chi connectivity index (χ3v) is 3.50. The Morgan fingerprint density at radius 2 is 1.70 bits per heavy atom. The van der Waals surface area contributed by atoms with Crippen molar-refractivity contribution < 1.29 is 4.39 Å². The van der Waals surface area contributed by atoms with Crippen LogP contribution in [-0.4, -0.2) is 6.04 Å². The van der Waals surface area contributed by atoms with Gasteiger partial charge in [0.05, 0.1) is 0 Å². The zero-order chi connectivity index (χ0) is 14.7. The molecule has 0 heterocycles. The van der Waals surface area contributed by atoms with Crippen molar-refractivity contribution in [3.05, 3.63) is 64.5 Å². The summed E-state index contributed by atoms with van der Waals surface area (Å²) in [4.78, 5) is 0. The van der Waals surface area contributed by atoms with Crippen LogP contribution in [0.4, 0.5) is 10.1 Å². The highest BCUT2D eigenvalue weighted by atomic mass is 19.1. The van der Waals surface area contributed by atoms with Crippen LogP contribution in [0.25, 0.3) is 0 Å². The molecule has 1 unspecified atom stereocenters. The van der Waals surface area contributed by atoms with E-state index in [1.807, 2.05) is 6.07 Å². The van der Waals surface area contributed by atoms with Gasteiger partial charge in [-0.1, -0.05) is 29.8 Å². The Morgan fingerprint density at radius 3 is 2.30 bits per heavy atom. The molecule has 1 N–H and O–H groups in total. The van der Waals surface area contributed by atoms with Crippen LogP contribution in [0, 0.1) is 26.6 Å². The summed E-state index contributed by atoms with van der Waals surface area (Å²) in [5, 5.41) is 3.55. The van der Waals surface area contributed by atoms with Crippen LogP contribution >= 0.6 is 0 Å². The van der Waals surface area contributed by atoms with Gasteiger partial charge in [0.15, 0.2) is 0 Å². The van der Waals surface area contributed by atoms with E-state index in [2.05, 4.69) is 45.1 Å². The minimum atomic E-state index is -0.169. The molecular weight excluding hydrogens is 249 g/mol. The van der Waals surface area contributed by atoms with E-state index in [1.165, 1.54) is 28.4 Å². The largest absolute Gasteiger partial charge is 0.382 e. The average Bonchev–Trinajstić information content (AvgIpc) is 2.33. The maximum Gasteiger partial charge on any atom is 0.123 e. The van der Waals surface area contributed by atoms with E-state index in [0.717, 1.165) is 12.0 Å². The standard InChI is InChI=1S/C18H22FN/c1-12-8-13(2)18(14(3)9-12)20-15(4)10-16-6-5-7-17(19)11-16/h5-9,11,15,20H,10H2,1-4H3. The van der Waals surface area contributed by atoms with Crippen LogP contribution in [-0.2, 0) is 6.42 Å². The fourth-order valence-corrected chi connectivity index (χ4v) is 2.72. The normalized spacial score (nSPS) is 12.2. The van der Waals surface area contributed by atoms with Gasteiger partial charge in [-0.15, -0.1) is 0 Å². The lowest BCUT2D eigenvalue weighted by Gasteiger charge is -2.20. The van der Waals surface area contributed by atoms with Crippen molar-refractivity contribution in [2.24, 2.45) is 0 Å². The Bertz CT molecular complexity index is 581. The van der Waals surface area contributed by atoms with Crippen LogP contribution in [0.1, 0.15) is 29.2 Å². The van der Waals surface area contributed by atoms with Crippen LogP contribution in [0.3, 0.4) is 0 Å². The zero-order valence-electron chi connectivity index (χ0n) is 12.6. The van der Waals surface area contributed by atoms with Gasteiger partial charge in [0.2, 0.25) is 0 Å². The summed E-state index contributed by atoms with van der Waals surface area (Å²) in [6, 6.07) is 11.4. The van der Waals surface area contributed by atoms with Gasteiger partial charge in [-0.05, 0) is 62.9 Å². The molecule has 0 fully saturated rings. The van der Waals surface area contributed by atoms with E-state index in [1.54, 1.807) is 12.1 Å². The van der Waals surface area contributed by atoms with E-state index < -0.39 is 0 Å². The van der Waals surface area contributed by atoms with Crippen LogP contribution < -0.4 is 5.32 Å². The molecule has 0 spiro atoms. The first-order chi connectivity index (χ1) is 9.45. The topological polar surface area (TPSA) is 12.0 Å². The molecule has 20 heavy (non-hydrogen) atoms. The van der Waals surface area contributed by atoms with Gasteiger partial charge in [0.25, 0.3) is 0 Å². The molecule has 0 saturated carbocycles. The second-order valence-electron chi connectivity index (χ2n) is 5.65. The summed E-state index contributed by atoms with van der Waals surface area (Å²) in [7, 11) is 0. The van der Waals surface area contributed by atoms with Crippen molar-refractivity contribution >= 4 is 5.69 Å². The molecule has 0 saturated heterocycles. The minimum Gasteiger partial charge on any atom is -0.382 e. The second-order valence-corrected chi connectivity index (χ2v) is 5.65. The van der Waals surface area contributed by atoms with Gasteiger partial charge >= 0.3 is 0 Å². The lowest BCUT2D eigenvalue weighted by Crippen LogP contribution is -2.19. The van der Waals surface area contributed by atoms with E-state index in [-0.39, 0.29) is 11.9 Å². The number of nitrogens with one attached hydrogen (secondary N) is 1. The summed E-state index contributed by atoms with van der Waals surface area (Å²) in [6.45, 7) is 8.48. The summed E-state index contributed by atoms with van der Waals surface area (Å²) >= 11 is 0. The number of hydrogen-bond donors (Lipinski definition) is 1. The molecule has 2 aromatic carbocycles. The van der Waals surface area contributed by atoms with Gasteiger partial charge in [0, 0.05) is 11.7 Å². The number of benzene rings is 2. The predicted octanol–water partition coefficient (Wildman–Crippen LogP) is 4.79. The number of halogens is 1. The molecule has 106 valence electrons. The smallest absolute Gasteiger partial charge is 0.123 e. The third kappa shape index (κ3) is 3.60. The second kappa shape index (κ2) is 6.08. The molecule has 0 amide bonds. The molecular formula is C18H22FN. The van der Waals surface area contributed by atoms with E-state index >= 15 is 0 Å². The van der Waals surface area contributed by atoms with E-state index in [4.69, 9.17) is 0 Å². The quantitative estimate of drug-likeness (QED) is 0.842. The fraction of sp³-hybridized carbons (Fsp3) is 0.333. The number of aryl methyl sites for hydroxylation is 3. The van der Waals surface area contributed by atoms with Crippen molar-refractivity contribution in [2.45, 2.75) is 40.2 Å². The summed E-state index contributed by atoms with van der Waals surface area (Å²) in [5.74, 6) is -0.169. The SMILES string of the molecule is Cc1cc(C)c(NC(C)Cc2cccc(F)c2)c(C)c1.